The van der Waals surface area contributed by atoms with Crippen molar-refractivity contribution in [1.29, 1.82) is 0 Å². The maximum Gasteiger partial charge on any atom is 0.0723 e. The van der Waals surface area contributed by atoms with Gasteiger partial charge in [-0.15, -0.1) is 0 Å². The van der Waals surface area contributed by atoms with Crippen LogP contribution in [0, 0.1) is 0 Å². The first-order valence-electron chi connectivity index (χ1n) is 9.56. The Bertz CT molecular complexity index is 708. The lowest BCUT2D eigenvalue weighted by molar-refractivity contribution is -0.0452. The molecule has 2 aliphatic heterocycles. The molecule has 2 aliphatic rings. The molecule has 0 radical (unpaired) electrons. The highest BCUT2D eigenvalue weighted by Gasteiger charge is 2.43. The zero-order chi connectivity index (χ0) is 18.0. The Balaban J connectivity index is 1.28. The molecule has 140 valence electrons. The standard InChI is InChI=1S/C20H29N5O/c1-23(15-18-5-3-4-8-21-18)19-11-20(26-16-19)6-9-25(10-7-20)14-17-12-22-24(2)13-17/h3-5,8,12-13,19H,6-7,9-11,14-16H2,1-2H3. The van der Waals surface area contributed by atoms with Crippen molar-refractivity contribution in [3.8, 4) is 0 Å². The van der Waals surface area contributed by atoms with Crippen molar-refractivity contribution in [1.82, 2.24) is 24.6 Å². The summed E-state index contributed by atoms with van der Waals surface area (Å²) >= 11 is 0. The summed E-state index contributed by atoms with van der Waals surface area (Å²) in [5, 5.41) is 4.27. The van der Waals surface area contributed by atoms with E-state index in [-0.39, 0.29) is 5.60 Å². The molecule has 0 N–H and O–H groups in total. The quantitative estimate of drug-likeness (QED) is 0.822. The molecule has 2 fully saturated rings. The van der Waals surface area contributed by atoms with E-state index in [1.165, 1.54) is 5.56 Å². The summed E-state index contributed by atoms with van der Waals surface area (Å²) < 4.78 is 8.23. The van der Waals surface area contributed by atoms with Crippen LogP contribution in [-0.4, -0.2) is 63.0 Å². The van der Waals surface area contributed by atoms with E-state index in [1.54, 1.807) is 0 Å². The van der Waals surface area contributed by atoms with Crippen LogP contribution in [0.15, 0.2) is 36.8 Å². The van der Waals surface area contributed by atoms with E-state index in [0.29, 0.717) is 6.04 Å². The number of likely N-dealkylation sites (tertiary alicyclic amines) is 1. The fourth-order valence-corrected chi connectivity index (χ4v) is 4.26. The summed E-state index contributed by atoms with van der Waals surface area (Å²) in [6, 6.07) is 6.61. The summed E-state index contributed by atoms with van der Waals surface area (Å²) in [4.78, 5) is 9.38. The zero-order valence-electron chi connectivity index (χ0n) is 15.8. The minimum atomic E-state index is 0.0779. The van der Waals surface area contributed by atoms with Crippen LogP contribution in [0.3, 0.4) is 0 Å². The topological polar surface area (TPSA) is 46.4 Å². The van der Waals surface area contributed by atoms with Gasteiger partial charge in [-0.05, 0) is 38.4 Å². The molecule has 26 heavy (non-hydrogen) atoms. The van der Waals surface area contributed by atoms with Crippen molar-refractivity contribution < 1.29 is 4.74 Å². The van der Waals surface area contributed by atoms with E-state index < -0.39 is 0 Å². The van der Waals surface area contributed by atoms with Gasteiger partial charge in [-0.1, -0.05) is 6.07 Å². The predicted octanol–water partition coefficient (Wildman–Crippen LogP) is 2.07. The molecule has 1 spiro atoms. The van der Waals surface area contributed by atoms with Crippen LogP contribution in [0.5, 0.6) is 0 Å². The Hall–Kier alpha value is -1.76. The first-order chi connectivity index (χ1) is 12.6. The van der Waals surface area contributed by atoms with Gasteiger partial charge >= 0.3 is 0 Å². The first kappa shape index (κ1) is 17.6. The molecule has 4 heterocycles. The SMILES string of the molecule is CN(Cc1ccccn1)C1COC2(CCN(Cc3cnn(C)c3)CC2)C1. The lowest BCUT2D eigenvalue weighted by Crippen LogP contribution is -2.44. The van der Waals surface area contributed by atoms with Crippen LogP contribution in [0.2, 0.25) is 0 Å². The minimum absolute atomic E-state index is 0.0779. The van der Waals surface area contributed by atoms with Gasteiger partial charge in [0.25, 0.3) is 0 Å². The molecular weight excluding hydrogens is 326 g/mol. The van der Waals surface area contributed by atoms with Crippen molar-refractivity contribution in [2.45, 2.75) is 44.0 Å². The number of hydrogen-bond acceptors (Lipinski definition) is 5. The molecule has 0 aromatic carbocycles. The number of piperidine rings is 1. The first-order valence-corrected chi connectivity index (χ1v) is 9.56. The molecule has 6 heteroatoms. The van der Waals surface area contributed by atoms with E-state index in [1.807, 2.05) is 30.2 Å². The third-order valence-corrected chi connectivity index (χ3v) is 5.88. The Morgan fingerprint density at radius 2 is 2.15 bits per heavy atom. The van der Waals surface area contributed by atoms with Crippen molar-refractivity contribution in [2.75, 3.05) is 26.7 Å². The summed E-state index contributed by atoms with van der Waals surface area (Å²) in [5.41, 5.74) is 2.50. The Labute approximate surface area is 155 Å². The number of pyridine rings is 1. The van der Waals surface area contributed by atoms with E-state index in [2.05, 4.69) is 45.3 Å². The van der Waals surface area contributed by atoms with E-state index >= 15 is 0 Å². The number of hydrogen-bond donors (Lipinski definition) is 0. The molecule has 0 bridgehead atoms. The number of nitrogens with zero attached hydrogens (tertiary/aromatic N) is 5. The summed E-state index contributed by atoms with van der Waals surface area (Å²) in [5.74, 6) is 0. The third-order valence-electron chi connectivity index (χ3n) is 5.88. The summed E-state index contributed by atoms with van der Waals surface area (Å²) in [7, 11) is 4.17. The second-order valence-corrected chi connectivity index (χ2v) is 7.89. The van der Waals surface area contributed by atoms with Crippen LogP contribution < -0.4 is 0 Å². The van der Waals surface area contributed by atoms with E-state index in [9.17, 15) is 0 Å². The van der Waals surface area contributed by atoms with Gasteiger partial charge in [-0.2, -0.15) is 5.10 Å². The monoisotopic (exact) mass is 355 g/mol. The third kappa shape index (κ3) is 3.98. The molecule has 1 atom stereocenters. The fraction of sp³-hybridized carbons (Fsp3) is 0.600. The van der Waals surface area contributed by atoms with Gasteiger partial charge in [0.05, 0.1) is 24.1 Å². The molecule has 2 aromatic rings. The molecule has 2 saturated heterocycles. The van der Waals surface area contributed by atoms with Crippen LogP contribution >= 0.6 is 0 Å². The van der Waals surface area contributed by atoms with Crippen LogP contribution in [0.1, 0.15) is 30.5 Å². The van der Waals surface area contributed by atoms with Gasteiger partial charge in [0.1, 0.15) is 0 Å². The van der Waals surface area contributed by atoms with Crippen molar-refractivity contribution in [2.24, 2.45) is 7.05 Å². The van der Waals surface area contributed by atoms with Crippen LogP contribution in [0.25, 0.3) is 0 Å². The fourth-order valence-electron chi connectivity index (χ4n) is 4.26. The predicted molar refractivity (Wildman–Crippen MR) is 101 cm³/mol. The maximum atomic E-state index is 6.35. The number of aryl methyl sites for hydroxylation is 1. The second-order valence-electron chi connectivity index (χ2n) is 7.89. The van der Waals surface area contributed by atoms with E-state index in [0.717, 1.165) is 57.7 Å². The van der Waals surface area contributed by atoms with Crippen molar-refractivity contribution in [3.05, 3.63) is 48.0 Å². The highest BCUT2D eigenvalue weighted by Crippen LogP contribution is 2.37. The highest BCUT2D eigenvalue weighted by atomic mass is 16.5. The lowest BCUT2D eigenvalue weighted by Gasteiger charge is -2.38. The van der Waals surface area contributed by atoms with Gasteiger partial charge in [0.15, 0.2) is 0 Å². The normalized spacial score (nSPS) is 23.1. The summed E-state index contributed by atoms with van der Waals surface area (Å²) in [6.07, 6.45) is 9.34. The highest BCUT2D eigenvalue weighted by molar-refractivity contribution is 5.06. The second kappa shape index (κ2) is 7.47. The number of aromatic nitrogens is 3. The van der Waals surface area contributed by atoms with Crippen LogP contribution in [-0.2, 0) is 24.9 Å². The zero-order valence-corrected chi connectivity index (χ0v) is 15.8. The van der Waals surface area contributed by atoms with Gasteiger partial charge in [0, 0.05) is 57.2 Å². The Morgan fingerprint density at radius 1 is 1.31 bits per heavy atom. The molecule has 6 nitrogen and oxygen atoms in total. The smallest absolute Gasteiger partial charge is 0.0723 e. The van der Waals surface area contributed by atoms with Crippen LogP contribution in [0.4, 0.5) is 0 Å². The van der Waals surface area contributed by atoms with Crippen molar-refractivity contribution >= 4 is 0 Å². The largest absolute Gasteiger partial charge is 0.373 e. The average molecular weight is 355 g/mol. The molecule has 4 rings (SSSR count). The average Bonchev–Trinajstić information content (AvgIpc) is 3.25. The Morgan fingerprint density at radius 3 is 2.85 bits per heavy atom. The number of rotatable bonds is 5. The van der Waals surface area contributed by atoms with Gasteiger partial charge in [-0.3, -0.25) is 19.5 Å². The molecule has 1 unspecified atom stereocenters. The minimum Gasteiger partial charge on any atom is -0.373 e. The lowest BCUT2D eigenvalue weighted by atomic mass is 9.87. The number of likely N-dealkylation sites (N-methyl/N-ethyl adjacent to an activating group) is 1. The van der Waals surface area contributed by atoms with Gasteiger partial charge in [-0.25, -0.2) is 0 Å². The molecule has 0 saturated carbocycles. The molecule has 0 aliphatic carbocycles. The molecule has 0 amide bonds. The van der Waals surface area contributed by atoms with E-state index in [4.69, 9.17) is 4.74 Å². The number of ether oxygens (including phenoxy) is 1. The van der Waals surface area contributed by atoms with Gasteiger partial charge in [0.2, 0.25) is 0 Å². The molecule has 2 aromatic heterocycles. The van der Waals surface area contributed by atoms with Gasteiger partial charge < -0.3 is 4.74 Å². The van der Waals surface area contributed by atoms with Crippen molar-refractivity contribution in [3.63, 3.8) is 0 Å². The Kier molecular flexibility index (Phi) is 5.07. The maximum absolute atomic E-state index is 6.35. The summed E-state index contributed by atoms with van der Waals surface area (Å²) in [6.45, 7) is 4.92. The molecular formula is C20H29N5O.